The maximum absolute atomic E-state index is 5.77. The SMILES string of the molecule is C=C1CSCC(COc2ccccc2)SC1. The van der Waals surface area contributed by atoms with Crippen molar-refractivity contribution in [1.82, 2.24) is 0 Å². The first-order chi connectivity index (χ1) is 7.84. The predicted octanol–water partition coefficient (Wildman–Crippen LogP) is 3.47. The quantitative estimate of drug-likeness (QED) is 0.762. The fourth-order valence-electron chi connectivity index (χ4n) is 1.46. The maximum atomic E-state index is 5.77. The molecule has 1 aromatic rings. The molecule has 0 radical (unpaired) electrons. The van der Waals surface area contributed by atoms with Crippen LogP contribution in [-0.4, -0.2) is 29.1 Å². The molecule has 0 spiro atoms. The zero-order chi connectivity index (χ0) is 11.2. The van der Waals surface area contributed by atoms with Crippen LogP contribution in [0, 0.1) is 0 Å². The monoisotopic (exact) mass is 252 g/mol. The molecule has 0 saturated carbocycles. The molecule has 1 nitrogen and oxygen atoms in total. The minimum atomic E-state index is 0.587. The molecule has 0 aliphatic carbocycles. The van der Waals surface area contributed by atoms with Crippen molar-refractivity contribution in [1.29, 1.82) is 0 Å². The van der Waals surface area contributed by atoms with E-state index in [1.807, 2.05) is 53.9 Å². The Balaban J connectivity index is 1.79. The van der Waals surface area contributed by atoms with Gasteiger partial charge >= 0.3 is 0 Å². The van der Waals surface area contributed by atoms with Crippen molar-refractivity contribution >= 4 is 23.5 Å². The van der Waals surface area contributed by atoms with Crippen LogP contribution in [0.3, 0.4) is 0 Å². The van der Waals surface area contributed by atoms with Gasteiger partial charge in [0.25, 0.3) is 0 Å². The lowest BCUT2D eigenvalue weighted by atomic mass is 10.3. The normalized spacial score (nSPS) is 21.5. The van der Waals surface area contributed by atoms with Crippen LogP contribution in [0.25, 0.3) is 0 Å². The summed E-state index contributed by atoms with van der Waals surface area (Å²) < 4.78 is 5.77. The summed E-state index contributed by atoms with van der Waals surface area (Å²) in [5, 5.41) is 0.587. The Morgan fingerprint density at radius 1 is 1.25 bits per heavy atom. The first-order valence-electron chi connectivity index (χ1n) is 5.38. The molecule has 1 aliphatic heterocycles. The second-order valence-electron chi connectivity index (χ2n) is 3.82. The molecule has 1 atom stereocenters. The molecule has 2 rings (SSSR count). The Morgan fingerprint density at radius 2 is 2.06 bits per heavy atom. The van der Waals surface area contributed by atoms with Gasteiger partial charge < -0.3 is 4.74 Å². The van der Waals surface area contributed by atoms with E-state index in [-0.39, 0.29) is 0 Å². The van der Waals surface area contributed by atoms with Crippen molar-refractivity contribution in [3.05, 3.63) is 42.5 Å². The molecule has 1 unspecified atom stereocenters. The van der Waals surface area contributed by atoms with E-state index in [2.05, 4.69) is 6.58 Å². The number of thioether (sulfide) groups is 2. The number of para-hydroxylation sites is 1. The summed E-state index contributed by atoms with van der Waals surface area (Å²) >= 11 is 3.93. The Kier molecular flexibility index (Phi) is 4.67. The second-order valence-corrected chi connectivity index (χ2v) is 6.14. The van der Waals surface area contributed by atoms with Gasteiger partial charge in [-0.25, -0.2) is 0 Å². The molecule has 0 N–H and O–H groups in total. The molecule has 86 valence electrons. The predicted molar refractivity (Wildman–Crippen MR) is 74.6 cm³/mol. The molecule has 0 amide bonds. The number of ether oxygens (including phenoxy) is 1. The average Bonchev–Trinajstić information content (AvgIpc) is 2.53. The highest BCUT2D eigenvalue weighted by Gasteiger charge is 2.15. The summed E-state index contributed by atoms with van der Waals surface area (Å²) in [5.41, 5.74) is 1.34. The van der Waals surface area contributed by atoms with E-state index >= 15 is 0 Å². The average molecular weight is 252 g/mol. The van der Waals surface area contributed by atoms with Crippen LogP contribution in [0.15, 0.2) is 42.5 Å². The number of rotatable bonds is 3. The Labute approximate surface area is 106 Å². The highest BCUT2D eigenvalue weighted by Crippen LogP contribution is 2.26. The van der Waals surface area contributed by atoms with E-state index < -0.39 is 0 Å². The van der Waals surface area contributed by atoms with E-state index in [1.165, 1.54) is 5.57 Å². The highest BCUT2D eigenvalue weighted by atomic mass is 32.2. The lowest BCUT2D eigenvalue weighted by Gasteiger charge is -2.14. The fraction of sp³-hybridized carbons (Fsp3) is 0.385. The van der Waals surface area contributed by atoms with Crippen molar-refractivity contribution in [2.45, 2.75) is 5.25 Å². The smallest absolute Gasteiger partial charge is 0.119 e. The molecule has 1 heterocycles. The van der Waals surface area contributed by atoms with E-state index in [4.69, 9.17) is 4.74 Å². The molecule has 0 bridgehead atoms. The van der Waals surface area contributed by atoms with Crippen molar-refractivity contribution < 1.29 is 4.74 Å². The summed E-state index contributed by atoms with van der Waals surface area (Å²) in [4.78, 5) is 0. The van der Waals surface area contributed by atoms with Crippen LogP contribution < -0.4 is 4.74 Å². The van der Waals surface area contributed by atoms with Crippen molar-refractivity contribution in [3.8, 4) is 5.75 Å². The molecule has 1 aromatic carbocycles. The first kappa shape index (κ1) is 11.9. The van der Waals surface area contributed by atoms with Gasteiger partial charge in [-0.05, 0) is 12.1 Å². The molecular weight excluding hydrogens is 236 g/mol. The summed E-state index contributed by atoms with van der Waals surface area (Å²) in [6.45, 7) is 4.84. The number of hydrogen-bond acceptors (Lipinski definition) is 3. The van der Waals surface area contributed by atoms with Crippen LogP contribution in [0.5, 0.6) is 5.75 Å². The molecule has 0 aromatic heterocycles. The standard InChI is InChI=1S/C13H16OS2/c1-11-8-15-10-13(16-9-11)7-14-12-5-3-2-4-6-12/h2-6,13H,1,7-10H2. The lowest BCUT2D eigenvalue weighted by Crippen LogP contribution is -2.16. The minimum absolute atomic E-state index is 0.587. The second kappa shape index (κ2) is 6.26. The Bertz CT molecular complexity index is 337. The maximum Gasteiger partial charge on any atom is 0.119 e. The van der Waals surface area contributed by atoms with E-state index in [0.717, 1.165) is 29.6 Å². The van der Waals surface area contributed by atoms with Gasteiger partial charge in [0.2, 0.25) is 0 Å². The first-order valence-corrected chi connectivity index (χ1v) is 7.59. The molecule has 16 heavy (non-hydrogen) atoms. The lowest BCUT2D eigenvalue weighted by molar-refractivity contribution is 0.323. The van der Waals surface area contributed by atoms with Gasteiger partial charge in [-0.1, -0.05) is 30.4 Å². The summed E-state index contributed by atoms with van der Waals surface area (Å²) in [6, 6.07) is 10.0. The van der Waals surface area contributed by atoms with E-state index in [0.29, 0.717) is 5.25 Å². The molecule has 1 saturated heterocycles. The largest absolute Gasteiger partial charge is 0.492 e. The molecular formula is C13H16OS2. The van der Waals surface area contributed by atoms with E-state index in [1.54, 1.807) is 0 Å². The van der Waals surface area contributed by atoms with Crippen molar-refractivity contribution in [3.63, 3.8) is 0 Å². The fourth-order valence-corrected chi connectivity index (χ4v) is 3.87. The zero-order valence-corrected chi connectivity index (χ0v) is 10.9. The van der Waals surface area contributed by atoms with Gasteiger partial charge in [-0.15, -0.1) is 11.8 Å². The topological polar surface area (TPSA) is 9.23 Å². The van der Waals surface area contributed by atoms with Gasteiger partial charge in [-0.2, -0.15) is 11.8 Å². The third-order valence-electron chi connectivity index (χ3n) is 2.31. The van der Waals surface area contributed by atoms with Crippen LogP contribution in [0.4, 0.5) is 0 Å². The molecule has 3 heteroatoms. The van der Waals surface area contributed by atoms with Crippen molar-refractivity contribution in [2.24, 2.45) is 0 Å². The third-order valence-corrected chi connectivity index (χ3v) is 5.12. The number of benzene rings is 1. The van der Waals surface area contributed by atoms with Gasteiger partial charge in [0.1, 0.15) is 12.4 Å². The zero-order valence-electron chi connectivity index (χ0n) is 9.22. The molecule has 1 aliphatic rings. The highest BCUT2D eigenvalue weighted by molar-refractivity contribution is 8.04. The Hall–Kier alpha value is -0.540. The van der Waals surface area contributed by atoms with Gasteiger partial charge in [0, 0.05) is 22.5 Å². The third kappa shape index (κ3) is 3.80. The summed E-state index contributed by atoms with van der Waals surface area (Å²) in [5.74, 6) is 4.32. The summed E-state index contributed by atoms with van der Waals surface area (Å²) in [7, 11) is 0. The van der Waals surface area contributed by atoms with Crippen LogP contribution in [-0.2, 0) is 0 Å². The molecule has 1 fully saturated rings. The van der Waals surface area contributed by atoms with Crippen molar-refractivity contribution in [2.75, 3.05) is 23.9 Å². The Morgan fingerprint density at radius 3 is 2.88 bits per heavy atom. The van der Waals surface area contributed by atoms with E-state index in [9.17, 15) is 0 Å². The van der Waals surface area contributed by atoms with Gasteiger partial charge in [0.05, 0.1) is 0 Å². The van der Waals surface area contributed by atoms with Gasteiger partial charge in [0.15, 0.2) is 0 Å². The van der Waals surface area contributed by atoms with Crippen LogP contribution in [0.1, 0.15) is 0 Å². The minimum Gasteiger partial charge on any atom is -0.492 e. The van der Waals surface area contributed by atoms with Gasteiger partial charge in [-0.3, -0.25) is 0 Å². The van der Waals surface area contributed by atoms with Crippen LogP contribution >= 0.6 is 23.5 Å². The van der Waals surface area contributed by atoms with Crippen LogP contribution in [0.2, 0.25) is 0 Å². The summed E-state index contributed by atoms with van der Waals surface area (Å²) in [6.07, 6.45) is 0. The number of hydrogen-bond donors (Lipinski definition) is 0.